The fourth-order valence-corrected chi connectivity index (χ4v) is 3.73. The Morgan fingerprint density at radius 3 is 2.03 bits per heavy atom. The number of benzene rings is 2. The van der Waals surface area contributed by atoms with Crippen molar-refractivity contribution in [1.29, 1.82) is 0 Å². The molecule has 0 saturated heterocycles. The van der Waals surface area contributed by atoms with Crippen molar-refractivity contribution in [3.8, 4) is 0 Å². The molecule has 7 heteroatoms. The Hall–Kier alpha value is -3.03. The lowest BCUT2D eigenvalue weighted by Crippen LogP contribution is -2.45. The zero-order valence-electron chi connectivity index (χ0n) is 20.8. The van der Waals surface area contributed by atoms with Crippen LogP contribution in [0.4, 0.5) is 0 Å². The van der Waals surface area contributed by atoms with Crippen LogP contribution in [0.15, 0.2) is 54.6 Å². The largest absolute Gasteiger partial charge is 0.354 e. The number of hydrogen-bond acceptors (Lipinski definition) is 5. The average Bonchev–Trinajstić information content (AvgIpc) is 2.86. The first-order valence-electron chi connectivity index (χ1n) is 12.6. The first kappa shape index (κ1) is 28.2. The van der Waals surface area contributed by atoms with Crippen molar-refractivity contribution in [1.82, 2.24) is 10.6 Å². The summed E-state index contributed by atoms with van der Waals surface area (Å²) in [5.41, 5.74) is 14.7. The Morgan fingerprint density at radius 1 is 0.800 bits per heavy atom. The van der Waals surface area contributed by atoms with Gasteiger partial charge in [-0.2, -0.15) is 0 Å². The van der Waals surface area contributed by atoms with Gasteiger partial charge in [0.1, 0.15) is 0 Å². The third-order valence-corrected chi connectivity index (χ3v) is 6.01. The van der Waals surface area contributed by atoms with Crippen LogP contribution in [0.5, 0.6) is 0 Å². The van der Waals surface area contributed by atoms with Crippen LogP contribution < -0.4 is 22.1 Å². The molecule has 0 unspecified atom stereocenters. The van der Waals surface area contributed by atoms with E-state index in [0.717, 1.165) is 44.1 Å². The summed E-state index contributed by atoms with van der Waals surface area (Å²) in [5, 5.41) is 5.10. The third-order valence-electron chi connectivity index (χ3n) is 6.01. The zero-order valence-corrected chi connectivity index (χ0v) is 20.8. The molecule has 35 heavy (non-hydrogen) atoms. The molecule has 0 aliphatic heterocycles. The molecule has 3 amide bonds. The first-order valence-corrected chi connectivity index (χ1v) is 12.6. The molecule has 6 N–H and O–H groups in total. The lowest BCUT2D eigenvalue weighted by Gasteiger charge is -2.15. The Bertz CT molecular complexity index is 916. The second kappa shape index (κ2) is 15.8. The molecule has 7 nitrogen and oxygen atoms in total. The van der Waals surface area contributed by atoms with Crippen molar-refractivity contribution >= 4 is 17.7 Å². The van der Waals surface area contributed by atoms with E-state index in [1.807, 2.05) is 30.3 Å². The second-order valence-electron chi connectivity index (χ2n) is 9.14. The highest BCUT2D eigenvalue weighted by Gasteiger charge is 2.19. The van der Waals surface area contributed by atoms with E-state index in [2.05, 4.69) is 34.9 Å². The van der Waals surface area contributed by atoms with Crippen molar-refractivity contribution in [2.24, 2.45) is 17.4 Å². The van der Waals surface area contributed by atoms with Crippen molar-refractivity contribution in [2.75, 3.05) is 13.1 Å². The fraction of sp³-hybridized carbons (Fsp3) is 0.464. The molecule has 0 spiro atoms. The van der Waals surface area contributed by atoms with E-state index >= 15 is 0 Å². The normalized spacial score (nSPS) is 12.5. The van der Waals surface area contributed by atoms with Gasteiger partial charge in [-0.25, -0.2) is 0 Å². The summed E-state index contributed by atoms with van der Waals surface area (Å²) in [6.07, 6.45) is 6.60. The maximum atomic E-state index is 12.3. The molecule has 0 aliphatic rings. The maximum Gasteiger partial charge on any atom is 0.236 e. The number of amides is 3. The van der Waals surface area contributed by atoms with Crippen LogP contribution in [0.3, 0.4) is 0 Å². The van der Waals surface area contributed by atoms with Crippen molar-refractivity contribution < 1.29 is 14.4 Å². The van der Waals surface area contributed by atoms with E-state index < -0.39 is 17.9 Å². The van der Waals surface area contributed by atoms with Gasteiger partial charge in [0, 0.05) is 6.54 Å². The molecule has 0 radical (unpaired) electrons. The number of carbonyl (C=O) groups excluding carboxylic acids is 3. The monoisotopic (exact) mass is 480 g/mol. The second-order valence-corrected chi connectivity index (χ2v) is 9.14. The molecule has 190 valence electrons. The summed E-state index contributed by atoms with van der Waals surface area (Å²) in [6.45, 7) is 2.36. The number of hydrogen-bond donors (Lipinski definition) is 4. The lowest BCUT2D eigenvalue weighted by molar-refractivity contribution is -0.132. The number of unbranched alkanes of at least 4 members (excludes halogenated alkanes) is 2. The van der Waals surface area contributed by atoms with Crippen LogP contribution in [0.25, 0.3) is 0 Å². The number of nitrogens with one attached hydrogen (secondary N) is 2. The fourth-order valence-electron chi connectivity index (χ4n) is 3.73. The highest BCUT2D eigenvalue weighted by Crippen LogP contribution is 2.11. The van der Waals surface area contributed by atoms with E-state index in [1.165, 1.54) is 11.1 Å². The van der Waals surface area contributed by atoms with Crippen molar-refractivity contribution in [3.63, 3.8) is 0 Å². The van der Waals surface area contributed by atoms with Gasteiger partial charge in [0.2, 0.25) is 17.7 Å². The number of aryl methyl sites for hydroxylation is 2. The first-order chi connectivity index (χ1) is 16.9. The highest BCUT2D eigenvalue weighted by molar-refractivity contribution is 5.97. The number of nitrogens with two attached hydrogens (primary N) is 2. The molecule has 0 saturated carbocycles. The van der Waals surface area contributed by atoms with Gasteiger partial charge in [0.05, 0.1) is 18.4 Å². The minimum absolute atomic E-state index is 0.126. The Labute approximate surface area is 209 Å². The van der Waals surface area contributed by atoms with Gasteiger partial charge in [-0.3, -0.25) is 19.7 Å². The van der Waals surface area contributed by atoms with Crippen LogP contribution >= 0.6 is 0 Å². The third kappa shape index (κ3) is 11.3. The molecule has 0 aliphatic carbocycles. The molecule has 0 aromatic heterocycles. The quantitative estimate of drug-likeness (QED) is 0.292. The molecule has 2 aromatic carbocycles. The Morgan fingerprint density at radius 2 is 1.40 bits per heavy atom. The van der Waals surface area contributed by atoms with Crippen LogP contribution in [-0.2, 0) is 33.6 Å². The van der Waals surface area contributed by atoms with E-state index in [-0.39, 0.29) is 24.8 Å². The van der Waals surface area contributed by atoms with Gasteiger partial charge in [0.25, 0.3) is 0 Å². The highest BCUT2D eigenvalue weighted by atomic mass is 16.2. The van der Waals surface area contributed by atoms with E-state index in [1.54, 1.807) is 6.92 Å². The molecular weight excluding hydrogens is 440 g/mol. The minimum Gasteiger partial charge on any atom is -0.354 e. The van der Waals surface area contributed by atoms with E-state index in [9.17, 15) is 14.4 Å². The maximum absolute atomic E-state index is 12.3. The standard InChI is InChI=1S/C28H40N4O3/c1-21(20-31-28(35)25(30)13-7-8-18-29)27(34)32-26(33)19-24-16-14-23(15-17-24)12-6-5-11-22-9-3-2-4-10-22/h2-4,9-10,14-17,21,25H,5-8,11-13,18-20,29-30H2,1H3,(H,31,35)(H,32,33,34)/t21-,25-/m0/s1. The van der Waals surface area contributed by atoms with E-state index in [0.29, 0.717) is 13.0 Å². The summed E-state index contributed by atoms with van der Waals surface area (Å²) >= 11 is 0. The molecule has 2 aromatic rings. The van der Waals surface area contributed by atoms with Gasteiger partial charge in [-0.15, -0.1) is 0 Å². The minimum atomic E-state index is -0.620. The summed E-state index contributed by atoms with van der Waals surface area (Å²) in [4.78, 5) is 36.7. The summed E-state index contributed by atoms with van der Waals surface area (Å²) < 4.78 is 0. The topological polar surface area (TPSA) is 127 Å². The lowest BCUT2D eigenvalue weighted by atomic mass is 10.0. The van der Waals surface area contributed by atoms with Crippen LogP contribution in [-0.4, -0.2) is 36.9 Å². The van der Waals surface area contributed by atoms with Crippen molar-refractivity contribution in [2.45, 2.75) is 64.3 Å². The van der Waals surface area contributed by atoms with Crippen molar-refractivity contribution in [3.05, 3.63) is 71.3 Å². The molecule has 2 rings (SSSR count). The summed E-state index contributed by atoms with van der Waals surface area (Å²) in [6, 6.07) is 17.8. The molecular formula is C28H40N4O3. The smallest absolute Gasteiger partial charge is 0.236 e. The van der Waals surface area contributed by atoms with Gasteiger partial charge in [-0.05, 0) is 61.8 Å². The molecule has 2 atom stereocenters. The van der Waals surface area contributed by atoms with Gasteiger partial charge >= 0.3 is 0 Å². The van der Waals surface area contributed by atoms with E-state index in [4.69, 9.17) is 11.5 Å². The SMILES string of the molecule is C[C@@H](CNC(=O)[C@@H](N)CCCCN)C(=O)NC(=O)Cc1ccc(CCCCc2ccccc2)cc1. The Kier molecular flexibility index (Phi) is 12.7. The molecule has 0 bridgehead atoms. The van der Waals surface area contributed by atoms with Crippen LogP contribution in [0.2, 0.25) is 0 Å². The molecule has 0 heterocycles. The summed E-state index contributed by atoms with van der Waals surface area (Å²) in [7, 11) is 0. The number of carbonyl (C=O) groups is 3. The Balaban J connectivity index is 1.66. The number of rotatable bonds is 15. The van der Waals surface area contributed by atoms with Gasteiger partial charge in [0.15, 0.2) is 0 Å². The zero-order chi connectivity index (χ0) is 25.5. The predicted molar refractivity (Wildman–Crippen MR) is 139 cm³/mol. The average molecular weight is 481 g/mol. The van der Waals surface area contributed by atoms with Gasteiger partial charge < -0.3 is 16.8 Å². The molecule has 0 fully saturated rings. The number of imide groups is 1. The van der Waals surface area contributed by atoms with Gasteiger partial charge in [-0.1, -0.05) is 67.9 Å². The predicted octanol–water partition coefficient (Wildman–Crippen LogP) is 2.65. The summed E-state index contributed by atoms with van der Waals surface area (Å²) in [5.74, 6) is -1.62. The van der Waals surface area contributed by atoms with Crippen LogP contribution in [0, 0.1) is 5.92 Å². The van der Waals surface area contributed by atoms with Crippen LogP contribution in [0.1, 0.15) is 55.7 Å².